The number of amides is 1. The number of carbonyl (C=O) groups excluding carboxylic acids is 1. The lowest BCUT2D eigenvalue weighted by Gasteiger charge is -2.32. The number of benzene rings is 1. The molecule has 9 heteroatoms. The van der Waals surface area contributed by atoms with Crippen LogP contribution in [0.25, 0.3) is 0 Å². The SMILES string of the molecule is CNC(=O)c1nc(CN2CCC[C@H](CCc3ccccc3C(F)(F)F)C2)no1. The van der Waals surface area contributed by atoms with E-state index in [2.05, 4.69) is 20.4 Å². The summed E-state index contributed by atoms with van der Waals surface area (Å²) in [5, 5.41) is 6.25. The molecule has 2 heterocycles. The Morgan fingerprint density at radius 1 is 1.36 bits per heavy atom. The van der Waals surface area contributed by atoms with Crippen LogP contribution in [0, 0.1) is 5.92 Å². The van der Waals surface area contributed by atoms with Gasteiger partial charge in [0.25, 0.3) is 0 Å². The molecular formula is C19H23F3N4O2. The standard InChI is InChI=1S/C19H23F3N4O2/c1-23-17(27)18-24-16(25-28-18)12-26-10-4-5-13(11-26)8-9-14-6-2-3-7-15(14)19(20,21)22/h2-3,6-7,13H,4-5,8-12H2,1H3,(H,23,27)/t13-/m1/s1. The number of piperidine rings is 1. The molecule has 1 amide bonds. The summed E-state index contributed by atoms with van der Waals surface area (Å²) in [7, 11) is 1.48. The Bertz CT molecular complexity index is 806. The normalized spacial score (nSPS) is 18.2. The Hall–Kier alpha value is -2.42. The lowest BCUT2D eigenvalue weighted by Crippen LogP contribution is -2.35. The van der Waals surface area contributed by atoms with Crippen LogP contribution in [0.2, 0.25) is 0 Å². The Balaban J connectivity index is 1.56. The summed E-state index contributed by atoms with van der Waals surface area (Å²) in [4.78, 5) is 17.7. The van der Waals surface area contributed by atoms with Gasteiger partial charge in [0, 0.05) is 13.6 Å². The molecule has 6 nitrogen and oxygen atoms in total. The third-order valence-corrected chi connectivity index (χ3v) is 5.00. The van der Waals surface area contributed by atoms with E-state index in [-0.39, 0.29) is 5.89 Å². The predicted molar refractivity (Wildman–Crippen MR) is 95.5 cm³/mol. The van der Waals surface area contributed by atoms with Crippen molar-refractivity contribution in [1.29, 1.82) is 0 Å². The highest BCUT2D eigenvalue weighted by atomic mass is 19.4. The number of alkyl halides is 3. The van der Waals surface area contributed by atoms with Crippen molar-refractivity contribution in [2.45, 2.75) is 38.4 Å². The summed E-state index contributed by atoms with van der Waals surface area (Å²) < 4.78 is 44.4. The van der Waals surface area contributed by atoms with Gasteiger partial charge in [-0.15, -0.1) is 0 Å². The van der Waals surface area contributed by atoms with Gasteiger partial charge in [0.15, 0.2) is 5.82 Å². The molecule has 1 atom stereocenters. The second-order valence-corrected chi connectivity index (χ2v) is 7.03. The van der Waals surface area contributed by atoms with Crippen LogP contribution in [-0.4, -0.2) is 41.1 Å². The molecule has 1 aromatic carbocycles. The van der Waals surface area contributed by atoms with E-state index in [0.29, 0.717) is 36.7 Å². The van der Waals surface area contributed by atoms with Gasteiger partial charge in [-0.25, -0.2) is 0 Å². The number of aromatic nitrogens is 2. The molecule has 2 aromatic rings. The van der Waals surface area contributed by atoms with Gasteiger partial charge < -0.3 is 9.84 Å². The molecule has 28 heavy (non-hydrogen) atoms. The molecule has 1 aromatic heterocycles. The minimum absolute atomic E-state index is 0.0742. The van der Waals surface area contributed by atoms with Gasteiger partial charge in [0.2, 0.25) is 0 Å². The average molecular weight is 396 g/mol. The maximum atomic E-state index is 13.1. The minimum atomic E-state index is -4.32. The van der Waals surface area contributed by atoms with E-state index in [1.54, 1.807) is 12.1 Å². The third-order valence-electron chi connectivity index (χ3n) is 5.00. The first-order chi connectivity index (χ1) is 13.4. The first kappa shape index (κ1) is 20.3. The molecule has 0 spiro atoms. The third kappa shape index (κ3) is 5.09. The second kappa shape index (κ2) is 8.72. The van der Waals surface area contributed by atoms with Crippen molar-refractivity contribution in [3.63, 3.8) is 0 Å². The monoisotopic (exact) mass is 396 g/mol. The Morgan fingerprint density at radius 3 is 2.89 bits per heavy atom. The highest BCUT2D eigenvalue weighted by Crippen LogP contribution is 2.33. The quantitative estimate of drug-likeness (QED) is 0.811. The van der Waals surface area contributed by atoms with Crippen LogP contribution in [0.3, 0.4) is 0 Å². The molecular weight excluding hydrogens is 373 g/mol. The van der Waals surface area contributed by atoms with E-state index >= 15 is 0 Å². The summed E-state index contributed by atoms with van der Waals surface area (Å²) in [6.45, 7) is 2.08. The lowest BCUT2D eigenvalue weighted by molar-refractivity contribution is -0.138. The molecule has 1 aliphatic heterocycles. The molecule has 152 valence electrons. The van der Waals surface area contributed by atoms with Crippen molar-refractivity contribution in [3.05, 3.63) is 47.1 Å². The number of nitrogens with one attached hydrogen (secondary N) is 1. The summed E-state index contributed by atoms with van der Waals surface area (Å²) in [5.41, 5.74) is -0.197. The van der Waals surface area contributed by atoms with E-state index in [1.165, 1.54) is 13.1 Å². The summed E-state index contributed by atoms with van der Waals surface area (Å²) in [6.07, 6.45) is -1.28. The highest BCUT2D eigenvalue weighted by Gasteiger charge is 2.33. The molecule has 1 N–H and O–H groups in total. The van der Waals surface area contributed by atoms with Gasteiger partial charge in [-0.05, 0) is 49.8 Å². The van der Waals surface area contributed by atoms with Gasteiger partial charge in [0.1, 0.15) is 0 Å². The Morgan fingerprint density at radius 2 is 2.14 bits per heavy atom. The molecule has 0 aliphatic carbocycles. The number of likely N-dealkylation sites (tertiary alicyclic amines) is 1. The predicted octanol–water partition coefficient (Wildman–Crippen LogP) is 3.29. The van der Waals surface area contributed by atoms with E-state index in [1.807, 2.05) is 0 Å². The largest absolute Gasteiger partial charge is 0.416 e. The summed E-state index contributed by atoms with van der Waals surface area (Å²) in [6, 6.07) is 5.77. The van der Waals surface area contributed by atoms with Gasteiger partial charge in [-0.1, -0.05) is 23.4 Å². The number of halogens is 3. The van der Waals surface area contributed by atoms with Crippen molar-refractivity contribution in [2.75, 3.05) is 20.1 Å². The van der Waals surface area contributed by atoms with Crippen LogP contribution in [-0.2, 0) is 19.1 Å². The van der Waals surface area contributed by atoms with Gasteiger partial charge in [-0.3, -0.25) is 9.69 Å². The van der Waals surface area contributed by atoms with Crippen molar-refractivity contribution in [2.24, 2.45) is 5.92 Å². The zero-order chi connectivity index (χ0) is 20.1. The van der Waals surface area contributed by atoms with Crippen LogP contribution < -0.4 is 5.32 Å². The molecule has 1 fully saturated rings. The zero-order valence-corrected chi connectivity index (χ0v) is 15.6. The minimum Gasteiger partial charge on any atom is -0.351 e. The highest BCUT2D eigenvalue weighted by molar-refractivity contribution is 5.89. The van der Waals surface area contributed by atoms with Crippen molar-refractivity contribution >= 4 is 5.91 Å². The van der Waals surface area contributed by atoms with E-state index in [4.69, 9.17) is 4.52 Å². The first-order valence-electron chi connectivity index (χ1n) is 9.29. The molecule has 0 radical (unpaired) electrons. The van der Waals surface area contributed by atoms with Crippen LogP contribution in [0.5, 0.6) is 0 Å². The van der Waals surface area contributed by atoms with Gasteiger partial charge in [0.05, 0.1) is 12.1 Å². The van der Waals surface area contributed by atoms with Gasteiger partial charge >= 0.3 is 18.0 Å². The van der Waals surface area contributed by atoms with E-state index < -0.39 is 17.6 Å². The molecule has 3 rings (SSSR count). The lowest BCUT2D eigenvalue weighted by atomic mass is 9.90. The van der Waals surface area contributed by atoms with Crippen molar-refractivity contribution in [1.82, 2.24) is 20.4 Å². The number of aryl methyl sites for hydroxylation is 1. The Labute approximate surface area is 161 Å². The smallest absolute Gasteiger partial charge is 0.351 e. The number of hydrogen-bond acceptors (Lipinski definition) is 5. The van der Waals surface area contributed by atoms with E-state index in [9.17, 15) is 18.0 Å². The van der Waals surface area contributed by atoms with E-state index in [0.717, 1.165) is 32.0 Å². The zero-order valence-electron chi connectivity index (χ0n) is 15.6. The summed E-state index contributed by atoms with van der Waals surface area (Å²) in [5.74, 6) is 0.232. The maximum absolute atomic E-state index is 13.1. The number of hydrogen-bond donors (Lipinski definition) is 1. The Kier molecular flexibility index (Phi) is 6.33. The molecule has 1 saturated heterocycles. The molecule has 1 aliphatic rings. The molecule has 0 saturated carbocycles. The number of carbonyl (C=O) groups is 1. The molecule has 0 bridgehead atoms. The van der Waals surface area contributed by atoms with Crippen LogP contribution in [0.4, 0.5) is 13.2 Å². The fourth-order valence-corrected chi connectivity index (χ4v) is 3.62. The number of rotatable bonds is 6. The topological polar surface area (TPSA) is 71.3 Å². The van der Waals surface area contributed by atoms with Crippen LogP contribution in [0.15, 0.2) is 28.8 Å². The fraction of sp³-hybridized carbons (Fsp3) is 0.526. The first-order valence-corrected chi connectivity index (χ1v) is 9.29. The fourth-order valence-electron chi connectivity index (χ4n) is 3.62. The second-order valence-electron chi connectivity index (χ2n) is 7.03. The van der Waals surface area contributed by atoms with Crippen LogP contribution >= 0.6 is 0 Å². The van der Waals surface area contributed by atoms with Gasteiger partial charge in [-0.2, -0.15) is 18.2 Å². The summed E-state index contributed by atoms with van der Waals surface area (Å²) >= 11 is 0. The van der Waals surface area contributed by atoms with Crippen LogP contribution in [0.1, 0.15) is 46.9 Å². The number of nitrogens with zero attached hydrogens (tertiary/aromatic N) is 3. The molecule has 0 unspecified atom stereocenters. The van der Waals surface area contributed by atoms with Crippen molar-refractivity contribution < 1.29 is 22.5 Å². The van der Waals surface area contributed by atoms with Crippen molar-refractivity contribution in [3.8, 4) is 0 Å². The average Bonchev–Trinajstić information content (AvgIpc) is 3.14. The maximum Gasteiger partial charge on any atom is 0.416 e.